The second-order valence-electron chi connectivity index (χ2n) is 4.22. The molecular weight excluding hydrogens is 234 g/mol. The van der Waals surface area contributed by atoms with Crippen LogP contribution in [0.4, 0.5) is 25.8 Å². The first-order valence-electron chi connectivity index (χ1n) is 5.54. The summed E-state index contributed by atoms with van der Waals surface area (Å²) in [6, 6.07) is 9.37. The molecule has 2 N–H and O–H groups in total. The van der Waals surface area contributed by atoms with Crippen LogP contribution in [0.5, 0.6) is 0 Å². The third kappa shape index (κ3) is 2.27. The van der Waals surface area contributed by atoms with Gasteiger partial charge in [0.1, 0.15) is 0 Å². The van der Waals surface area contributed by atoms with E-state index >= 15 is 0 Å². The number of benzene rings is 2. The van der Waals surface area contributed by atoms with Crippen LogP contribution in [-0.2, 0) is 0 Å². The number of nitrogens with two attached hydrogens (primary N) is 1. The van der Waals surface area contributed by atoms with Crippen molar-refractivity contribution >= 4 is 17.1 Å². The minimum atomic E-state index is -0.870. The first-order chi connectivity index (χ1) is 8.49. The summed E-state index contributed by atoms with van der Waals surface area (Å²) in [6.07, 6.45) is 0. The minimum absolute atomic E-state index is 0.546. The summed E-state index contributed by atoms with van der Waals surface area (Å²) in [4.78, 5) is 1.72. The molecule has 18 heavy (non-hydrogen) atoms. The minimum Gasteiger partial charge on any atom is -0.397 e. The van der Waals surface area contributed by atoms with Gasteiger partial charge in [0.2, 0.25) is 0 Å². The van der Waals surface area contributed by atoms with Gasteiger partial charge in [-0.1, -0.05) is 6.07 Å². The molecule has 0 aliphatic heterocycles. The largest absolute Gasteiger partial charge is 0.397 e. The van der Waals surface area contributed by atoms with E-state index in [1.807, 2.05) is 25.1 Å². The standard InChI is InChI=1S/C14H14F2N2/c1-9-3-6-14(13(17)7-9)18(2)10-4-5-11(15)12(16)8-10/h3-8H,17H2,1-2H3. The lowest BCUT2D eigenvalue weighted by atomic mass is 10.1. The lowest BCUT2D eigenvalue weighted by molar-refractivity contribution is 0.509. The Bertz CT molecular complexity index is 582. The van der Waals surface area contributed by atoms with Gasteiger partial charge in [-0.25, -0.2) is 8.78 Å². The second kappa shape index (κ2) is 4.64. The van der Waals surface area contributed by atoms with Crippen LogP contribution in [0.2, 0.25) is 0 Å². The summed E-state index contributed by atoms with van der Waals surface area (Å²) < 4.78 is 26.1. The molecule has 0 aromatic heterocycles. The van der Waals surface area contributed by atoms with E-state index < -0.39 is 11.6 Å². The van der Waals surface area contributed by atoms with Crippen LogP contribution in [0.25, 0.3) is 0 Å². The van der Waals surface area contributed by atoms with Crippen molar-refractivity contribution in [1.82, 2.24) is 0 Å². The van der Waals surface area contributed by atoms with E-state index in [1.54, 1.807) is 11.9 Å². The zero-order valence-electron chi connectivity index (χ0n) is 10.2. The van der Waals surface area contributed by atoms with Crippen LogP contribution in [0.15, 0.2) is 36.4 Å². The molecule has 0 amide bonds. The number of nitrogens with zero attached hydrogens (tertiary/aromatic N) is 1. The van der Waals surface area contributed by atoms with Crippen molar-refractivity contribution in [2.45, 2.75) is 6.92 Å². The van der Waals surface area contributed by atoms with E-state index in [-0.39, 0.29) is 0 Å². The van der Waals surface area contributed by atoms with Crippen molar-refractivity contribution in [3.05, 3.63) is 53.6 Å². The number of anilines is 3. The maximum atomic E-state index is 13.2. The van der Waals surface area contributed by atoms with Gasteiger partial charge in [0, 0.05) is 18.8 Å². The fourth-order valence-electron chi connectivity index (χ4n) is 1.81. The molecule has 0 aliphatic rings. The highest BCUT2D eigenvalue weighted by atomic mass is 19.2. The van der Waals surface area contributed by atoms with Gasteiger partial charge in [-0.3, -0.25) is 0 Å². The van der Waals surface area contributed by atoms with Gasteiger partial charge < -0.3 is 10.6 Å². The van der Waals surface area contributed by atoms with Gasteiger partial charge in [-0.15, -0.1) is 0 Å². The van der Waals surface area contributed by atoms with Crippen molar-refractivity contribution in [3.63, 3.8) is 0 Å². The number of nitrogen functional groups attached to an aromatic ring is 1. The maximum absolute atomic E-state index is 13.2. The fraction of sp³-hybridized carbons (Fsp3) is 0.143. The summed E-state index contributed by atoms with van der Waals surface area (Å²) in [5.74, 6) is -1.73. The predicted octanol–water partition coefficient (Wildman–Crippen LogP) is 3.62. The molecule has 2 aromatic rings. The molecule has 2 rings (SSSR count). The summed E-state index contributed by atoms with van der Waals surface area (Å²) >= 11 is 0. The smallest absolute Gasteiger partial charge is 0.160 e. The topological polar surface area (TPSA) is 29.3 Å². The van der Waals surface area contributed by atoms with Crippen molar-refractivity contribution in [2.24, 2.45) is 0 Å². The molecule has 0 aliphatic carbocycles. The van der Waals surface area contributed by atoms with Crippen LogP contribution in [0.3, 0.4) is 0 Å². The maximum Gasteiger partial charge on any atom is 0.160 e. The normalized spacial score (nSPS) is 10.4. The van der Waals surface area contributed by atoms with E-state index in [4.69, 9.17) is 5.73 Å². The summed E-state index contributed by atoms with van der Waals surface area (Å²) in [5.41, 5.74) is 8.87. The molecule has 0 atom stereocenters. The molecule has 0 heterocycles. The van der Waals surface area contributed by atoms with Crippen LogP contribution < -0.4 is 10.6 Å². The van der Waals surface area contributed by atoms with Crippen molar-refractivity contribution in [3.8, 4) is 0 Å². The number of aryl methyl sites for hydroxylation is 1. The number of rotatable bonds is 2. The summed E-state index contributed by atoms with van der Waals surface area (Å²) in [6.45, 7) is 1.94. The fourth-order valence-corrected chi connectivity index (χ4v) is 1.81. The summed E-state index contributed by atoms with van der Waals surface area (Å²) in [5, 5.41) is 0. The van der Waals surface area contributed by atoms with Crippen molar-refractivity contribution in [1.29, 1.82) is 0 Å². The van der Waals surface area contributed by atoms with E-state index in [9.17, 15) is 8.78 Å². The quantitative estimate of drug-likeness (QED) is 0.822. The van der Waals surface area contributed by atoms with Crippen LogP contribution in [0.1, 0.15) is 5.56 Å². The zero-order chi connectivity index (χ0) is 13.3. The average Bonchev–Trinajstić information content (AvgIpc) is 2.32. The third-order valence-corrected chi connectivity index (χ3v) is 2.83. The molecule has 4 heteroatoms. The number of halogens is 2. The molecule has 0 saturated heterocycles. The molecule has 0 spiro atoms. The highest BCUT2D eigenvalue weighted by molar-refractivity contribution is 5.74. The molecule has 0 fully saturated rings. The Hall–Kier alpha value is -2.10. The Morgan fingerprint density at radius 3 is 2.33 bits per heavy atom. The Morgan fingerprint density at radius 1 is 1.00 bits per heavy atom. The molecular formula is C14H14F2N2. The Kier molecular flexibility index (Phi) is 3.19. The SMILES string of the molecule is Cc1ccc(N(C)c2ccc(F)c(F)c2)c(N)c1. The highest BCUT2D eigenvalue weighted by Crippen LogP contribution is 2.30. The number of hydrogen-bond acceptors (Lipinski definition) is 2. The summed E-state index contributed by atoms with van der Waals surface area (Å²) in [7, 11) is 1.76. The monoisotopic (exact) mass is 248 g/mol. The Labute approximate surface area is 105 Å². The van der Waals surface area contributed by atoms with Gasteiger partial charge in [0.15, 0.2) is 11.6 Å². The lowest BCUT2D eigenvalue weighted by Crippen LogP contribution is -2.12. The Balaban J connectivity index is 2.41. The molecule has 0 saturated carbocycles. The van der Waals surface area contributed by atoms with E-state index in [2.05, 4.69) is 0 Å². The molecule has 0 bridgehead atoms. The lowest BCUT2D eigenvalue weighted by Gasteiger charge is -2.21. The van der Waals surface area contributed by atoms with Gasteiger partial charge >= 0.3 is 0 Å². The highest BCUT2D eigenvalue weighted by Gasteiger charge is 2.10. The number of hydrogen-bond donors (Lipinski definition) is 1. The van der Waals surface area contributed by atoms with Gasteiger partial charge in [-0.05, 0) is 36.8 Å². The second-order valence-corrected chi connectivity index (χ2v) is 4.22. The van der Waals surface area contributed by atoms with E-state index in [1.165, 1.54) is 6.07 Å². The van der Waals surface area contributed by atoms with Gasteiger partial charge in [0.05, 0.1) is 11.4 Å². The first-order valence-corrected chi connectivity index (χ1v) is 5.54. The van der Waals surface area contributed by atoms with Gasteiger partial charge in [-0.2, -0.15) is 0 Å². The van der Waals surface area contributed by atoms with Crippen LogP contribution in [0, 0.1) is 18.6 Å². The van der Waals surface area contributed by atoms with E-state index in [0.29, 0.717) is 11.4 Å². The molecule has 94 valence electrons. The molecule has 0 unspecified atom stereocenters. The zero-order valence-corrected chi connectivity index (χ0v) is 10.2. The van der Waals surface area contributed by atoms with E-state index in [0.717, 1.165) is 23.4 Å². The Morgan fingerprint density at radius 2 is 1.72 bits per heavy atom. The van der Waals surface area contributed by atoms with Crippen LogP contribution in [-0.4, -0.2) is 7.05 Å². The molecule has 2 nitrogen and oxygen atoms in total. The first kappa shape index (κ1) is 12.4. The average molecular weight is 248 g/mol. The predicted molar refractivity (Wildman–Crippen MR) is 70.0 cm³/mol. The van der Waals surface area contributed by atoms with Crippen molar-refractivity contribution < 1.29 is 8.78 Å². The van der Waals surface area contributed by atoms with Crippen LogP contribution >= 0.6 is 0 Å². The molecule has 2 aromatic carbocycles. The third-order valence-electron chi connectivity index (χ3n) is 2.83. The molecule has 0 radical (unpaired) electrons. The van der Waals surface area contributed by atoms with Crippen molar-refractivity contribution in [2.75, 3.05) is 17.7 Å². The van der Waals surface area contributed by atoms with Gasteiger partial charge in [0.25, 0.3) is 0 Å².